The number of fused-ring (bicyclic) bond motifs is 3. The van der Waals surface area contributed by atoms with Crippen molar-refractivity contribution < 1.29 is 38.6 Å². The van der Waals surface area contributed by atoms with Gasteiger partial charge in [-0.3, -0.25) is 33.5 Å². The van der Waals surface area contributed by atoms with Gasteiger partial charge in [0.05, 0.1) is 72.6 Å². The maximum absolute atomic E-state index is 14.2. The summed E-state index contributed by atoms with van der Waals surface area (Å²) in [6.07, 6.45) is -0.841. The van der Waals surface area contributed by atoms with Crippen molar-refractivity contribution in [3.8, 4) is 15.4 Å². The van der Waals surface area contributed by atoms with Crippen molar-refractivity contribution in [2.45, 2.75) is 92.1 Å². The van der Waals surface area contributed by atoms with Gasteiger partial charge in [0, 0.05) is 53.6 Å². The van der Waals surface area contributed by atoms with Crippen LogP contribution in [0.15, 0.2) is 59.0 Å². The summed E-state index contributed by atoms with van der Waals surface area (Å²) < 4.78 is 13.5. The summed E-state index contributed by atoms with van der Waals surface area (Å²) in [5.74, 6) is -0.795. The first kappa shape index (κ1) is 55.3. The molecule has 22 heteroatoms. The number of aryl methyl sites for hydroxylation is 3. The number of thiazole rings is 1. The number of rotatable bonds is 21. The predicted molar refractivity (Wildman–Crippen MR) is 285 cm³/mol. The highest BCUT2D eigenvalue weighted by atomic mass is 79.9. The van der Waals surface area contributed by atoms with E-state index in [-0.39, 0.29) is 89.1 Å². The molecular formula is C51H62BrClN10O8S2. The Labute approximate surface area is 446 Å². The van der Waals surface area contributed by atoms with Crippen LogP contribution in [0.5, 0.6) is 0 Å². The van der Waals surface area contributed by atoms with Crippen molar-refractivity contribution in [1.29, 1.82) is 0 Å². The van der Waals surface area contributed by atoms with E-state index in [9.17, 15) is 29.1 Å². The molecule has 5 heterocycles. The van der Waals surface area contributed by atoms with E-state index < -0.39 is 47.4 Å². The van der Waals surface area contributed by atoms with Gasteiger partial charge in [0.2, 0.25) is 29.5 Å². The van der Waals surface area contributed by atoms with Crippen LogP contribution in [0.25, 0.3) is 15.4 Å². The average molecular weight is 1120 g/mol. The third-order valence-electron chi connectivity index (χ3n) is 12.7. The van der Waals surface area contributed by atoms with E-state index in [0.717, 1.165) is 54.0 Å². The van der Waals surface area contributed by atoms with Gasteiger partial charge in [-0.25, -0.2) is 4.98 Å². The van der Waals surface area contributed by atoms with Crippen LogP contribution in [-0.2, 0) is 40.0 Å². The van der Waals surface area contributed by atoms with Crippen molar-refractivity contribution in [2.24, 2.45) is 10.4 Å². The third kappa shape index (κ3) is 13.7. The van der Waals surface area contributed by atoms with Gasteiger partial charge < -0.3 is 40.3 Å². The summed E-state index contributed by atoms with van der Waals surface area (Å²) in [7, 11) is 0. The molecule has 0 radical (unpaired) electrons. The maximum Gasteiger partial charge on any atom is 0.246 e. The Morgan fingerprint density at radius 2 is 1.63 bits per heavy atom. The number of hydrogen-bond donors (Lipinski definition) is 4. The number of thiophene rings is 1. The SMILES string of the molecule is Cc1ncsc1-c1ccc(CNC(=O)[C@@H]2C[C@@H](O)CN2C(=O)[C@@H](NC(=O)CN(CCOCCOCCNC(=O)CC2N=C(c3ccc(Cl)cc3)c3c(sc(C)c3C)-n3c(C)nnc32)C(=O)CBr)C(C)(C)C)cc1. The summed E-state index contributed by atoms with van der Waals surface area (Å²) in [5.41, 5.74) is 7.57. The van der Waals surface area contributed by atoms with Crippen molar-refractivity contribution in [3.63, 3.8) is 0 Å². The lowest BCUT2D eigenvalue weighted by Crippen LogP contribution is -2.59. The fraction of sp³-hybridized carbons (Fsp3) is 0.471. The van der Waals surface area contributed by atoms with E-state index in [4.69, 9.17) is 26.1 Å². The number of β-amino-alcohol motifs (C(OH)–C–C–N with tert-alkyl or cyclic N) is 1. The number of halogens is 2. The number of carbonyl (C=O) groups is 5. The Bertz CT molecular complexity index is 2810. The molecule has 1 unspecified atom stereocenters. The first-order chi connectivity index (χ1) is 34.8. The van der Waals surface area contributed by atoms with Gasteiger partial charge in [-0.15, -0.1) is 32.9 Å². The summed E-state index contributed by atoms with van der Waals surface area (Å²) in [6.45, 7) is 14.2. The van der Waals surface area contributed by atoms with Crippen LogP contribution in [0.2, 0.25) is 5.02 Å². The van der Waals surface area contributed by atoms with Crippen molar-refractivity contribution >= 4 is 85.5 Å². The molecule has 5 amide bonds. The molecule has 0 bridgehead atoms. The molecule has 2 aliphatic rings. The van der Waals surface area contributed by atoms with Crippen LogP contribution in [0, 0.1) is 33.1 Å². The normalized spacial score (nSPS) is 16.8. The Morgan fingerprint density at radius 1 is 0.932 bits per heavy atom. The minimum atomic E-state index is -1.07. The van der Waals surface area contributed by atoms with Crippen LogP contribution < -0.4 is 16.0 Å². The topological polar surface area (TPSA) is 223 Å². The second-order valence-corrected chi connectivity index (χ2v) is 22.1. The van der Waals surface area contributed by atoms with Crippen molar-refractivity contribution in [2.75, 3.05) is 57.9 Å². The van der Waals surface area contributed by atoms with E-state index in [0.29, 0.717) is 16.7 Å². The van der Waals surface area contributed by atoms with E-state index in [1.165, 1.54) is 9.80 Å². The zero-order chi connectivity index (χ0) is 52.6. The number of amides is 5. The lowest BCUT2D eigenvalue weighted by molar-refractivity contribution is -0.144. The van der Waals surface area contributed by atoms with Gasteiger partial charge in [-0.1, -0.05) is 84.7 Å². The smallest absolute Gasteiger partial charge is 0.246 e. The molecular weight excluding hydrogens is 1060 g/mol. The van der Waals surface area contributed by atoms with Crippen molar-refractivity contribution in [3.05, 3.63) is 104 Å². The summed E-state index contributed by atoms with van der Waals surface area (Å²) >= 11 is 12.6. The zero-order valence-electron chi connectivity index (χ0n) is 42.0. The van der Waals surface area contributed by atoms with E-state index in [1.54, 1.807) is 49.0 Å². The number of aliphatic hydroxyl groups is 1. The number of nitrogens with one attached hydrogen (secondary N) is 3. The molecule has 2 aliphatic heterocycles. The molecule has 0 spiro atoms. The molecule has 18 nitrogen and oxygen atoms in total. The largest absolute Gasteiger partial charge is 0.391 e. The molecule has 390 valence electrons. The minimum Gasteiger partial charge on any atom is -0.391 e. The molecule has 1 saturated heterocycles. The molecule has 5 aromatic rings. The quantitative estimate of drug-likeness (QED) is 0.0508. The highest BCUT2D eigenvalue weighted by Gasteiger charge is 2.44. The lowest BCUT2D eigenvalue weighted by Gasteiger charge is -2.35. The number of aliphatic hydroxyl groups excluding tert-OH is 1. The number of benzene rings is 2. The first-order valence-corrected chi connectivity index (χ1v) is 27.2. The zero-order valence-corrected chi connectivity index (χ0v) is 46.0. The number of aromatic nitrogens is 4. The molecule has 2 aromatic carbocycles. The average Bonchev–Trinajstić information content (AvgIpc) is 4.13. The van der Waals surface area contributed by atoms with Gasteiger partial charge in [0.25, 0.3) is 0 Å². The first-order valence-electron chi connectivity index (χ1n) is 24.0. The Morgan fingerprint density at radius 3 is 2.30 bits per heavy atom. The van der Waals surface area contributed by atoms with Crippen LogP contribution >= 0.6 is 50.2 Å². The number of carbonyl (C=O) groups excluding carboxylic acids is 5. The van der Waals surface area contributed by atoms with Crippen LogP contribution in [-0.4, -0.2) is 146 Å². The standard InChI is InChI=1S/C51H62BrClN10O8S2/c1-29-31(3)73-50-43(29)44(34-12-14-36(53)15-13-34)57-38(47-60-59-32(4)63(47)50)23-40(65)54-16-18-70-20-21-71-19-17-61(42(67)24-52)27-41(66)58-46(51(5,6)7)49(69)62-26-37(64)22-39(62)48(68)55-25-33-8-10-35(11-9-33)45-30(2)56-28-72-45/h8-15,28,37-39,46,64H,16-27H2,1-7H3,(H,54,65)(H,55,68)(H,58,66)/t37-,38?,39+,46-/m1/s1. The Balaban J connectivity index is 0.848. The number of hydrogen-bond acceptors (Lipinski definition) is 14. The fourth-order valence-electron chi connectivity index (χ4n) is 8.68. The number of likely N-dealkylation sites (tertiary alicyclic amines) is 1. The van der Waals surface area contributed by atoms with E-state index in [2.05, 4.69) is 60.9 Å². The minimum absolute atomic E-state index is 0.0358. The van der Waals surface area contributed by atoms with Crippen molar-refractivity contribution in [1.82, 2.24) is 45.5 Å². The van der Waals surface area contributed by atoms with E-state index >= 15 is 0 Å². The Kier molecular flexibility index (Phi) is 18.8. The summed E-state index contributed by atoms with van der Waals surface area (Å²) in [6, 6.07) is 12.7. The molecule has 1 fully saturated rings. The van der Waals surface area contributed by atoms with Gasteiger partial charge >= 0.3 is 0 Å². The highest BCUT2D eigenvalue weighted by molar-refractivity contribution is 9.09. The molecule has 0 saturated carbocycles. The highest BCUT2D eigenvalue weighted by Crippen LogP contribution is 2.40. The molecule has 3 aromatic heterocycles. The maximum atomic E-state index is 14.2. The van der Waals surface area contributed by atoms with Gasteiger partial charge in [-0.05, 0) is 61.9 Å². The Hall–Kier alpha value is -5.42. The molecule has 7 rings (SSSR count). The number of alkyl halides is 1. The predicted octanol–water partition coefficient (Wildman–Crippen LogP) is 5.80. The van der Waals surface area contributed by atoms with Crippen LogP contribution in [0.1, 0.15) is 84.1 Å². The second-order valence-electron chi connectivity index (χ2n) is 19.1. The van der Waals surface area contributed by atoms with Gasteiger partial charge in [0.15, 0.2) is 5.82 Å². The number of nitrogens with zero attached hydrogens (tertiary/aromatic N) is 7. The van der Waals surface area contributed by atoms with Gasteiger partial charge in [-0.2, -0.15) is 0 Å². The van der Waals surface area contributed by atoms with Crippen LogP contribution in [0.4, 0.5) is 0 Å². The lowest BCUT2D eigenvalue weighted by atomic mass is 9.85. The molecule has 4 N–H and O–H groups in total. The third-order valence-corrected chi connectivity index (χ3v) is 15.6. The van der Waals surface area contributed by atoms with Gasteiger partial charge in [0.1, 0.15) is 29.0 Å². The second kappa shape index (κ2) is 24.7. The monoisotopic (exact) mass is 1120 g/mol. The number of aliphatic imine (C=N–C) groups is 1. The number of ether oxygens (including phenoxy) is 2. The summed E-state index contributed by atoms with van der Waals surface area (Å²) in [5, 5.41) is 29.7. The van der Waals surface area contributed by atoms with Crippen LogP contribution in [0.3, 0.4) is 0 Å². The molecule has 0 aliphatic carbocycles. The fourth-order valence-corrected chi connectivity index (χ4v) is 11.2. The molecule has 4 atom stereocenters. The molecule has 73 heavy (non-hydrogen) atoms. The summed E-state index contributed by atoms with van der Waals surface area (Å²) in [4.78, 5) is 82.0. The van der Waals surface area contributed by atoms with E-state index in [1.807, 2.05) is 66.9 Å².